The molecule has 0 radical (unpaired) electrons. The summed E-state index contributed by atoms with van der Waals surface area (Å²) in [7, 11) is 0. The third kappa shape index (κ3) is 3.49. The van der Waals surface area contributed by atoms with Gasteiger partial charge in [-0.15, -0.1) is 0 Å². The van der Waals surface area contributed by atoms with E-state index in [9.17, 15) is 9.18 Å². The van der Waals surface area contributed by atoms with Crippen LogP contribution in [-0.2, 0) is 12.0 Å². The second kappa shape index (κ2) is 7.37. The Hall–Kier alpha value is -4.12. The number of halogens is 1. The van der Waals surface area contributed by atoms with Crippen LogP contribution < -0.4 is 11.1 Å². The van der Waals surface area contributed by atoms with Crippen molar-refractivity contribution in [3.05, 3.63) is 88.8 Å². The number of carbonyl (C=O) groups is 1. The summed E-state index contributed by atoms with van der Waals surface area (Å²) >= 11 is 0. The molecule has 0 bridgehead atoms. The molecule has 1 amide bonds. The fourth-order valence-electron chi connectivity index (χ4n) is 3.51. The first-order valence-electron chi connectivity index (χ1n) is 9.16. The van der Waals surface area contributed by atoms with Gasteiger partial charge in [0, 0.05) is 41.8 Å². The van der Waals surface area contributed by atoms with Crippen LogP contribution in [0.4, 0.5) is 10.1 Å². The number of aromatic nitrogens is 2. The highest BCUT2D eigenvalue weighted by Crippen LogP contribution is 2.37. The van der Waals surface area contributed by atoms with Gasteiger partial charge in [-0.3, -0.25) is 14.8 Å². The molecular weight excluding hydrogens is 383 g/mol. The molecule has 0 fully saturated rings. The number of fused-ring (bicyclic) bond motifs is 1. The zero-order valence-electron chi connectivity index (χ0n) is 16.1. The second-order valence-corrected chi connectivity index (χ2v) is 7.17. The number of anilines is 1. The van der Waals surface area contributed by atoms with Crippen LogP contribution >= 0.6 is 0 Å². The summed E-state index contributed by atoms with van der Waals surface area (Å²) in [6, 6.07) is 11.1. The number of pyridine rings is 2. The number of nitriles is 1. The Bertz CT molecular complexity index is 1220. The van der Waals surface area contributed by atoms with Crippen molar-refractivity contribution >= 4 is 17.4 Å². The molecule has 0 saturated heterocycles. The predicted molar refractivity (Wildman–Crippen MR) is 109 cm³/mol. The van der Waals surface area contributed by atoms with Gasteiger partial charge in [0.15, 0.2) is 0 Å². The highest BCUT2D eigenvalue weighted by molar-refractivity contribution is 6.03. The largest absolute Gasteiger partial charge is 0.383 e. The summed E-state index contributed by atoms with van der Waals surface area (Å²) in [5.41, 5.74) is 8.07. The smallest absolute Gasteiger partial charge is 0.274 e. The minimum Gasteiger partial charge on any atom is -0.383 e. The van der Waals surface area contributed by atoms with Gasteiger partial charge in [0.2, 0.25) is 0 Å². The van der Waals surface area contributed by atoms with E-state index in [1.807, 2.05) is 12.1 Å². The second-order valence-electron chi connectivity index (χ2n) is 7.17. The van der Waals surface area contributed by atoms with Gasteiger partial charge in [-0.2, -0.15) is 5.26 Å². The van der Waals surface area contributed by atoms with E-state index in [4.69, 9.17) is 11.0 Å². The molecule has 1 unspecified atom stereocenters. The van der Waals surface area contributed by atoms with E-state index in [2.05, 4.69) is 20.3 Å². The summed E-state index contributed by atoms with van der Waals surface area (Å²) in [5.74, 6) is -0.617. The third-order valence-corrected chi connectivity index (χ3v) is 5.02. The molecule has 0 saturated carbocycles. The Morgan fingerprint density at radius 2 is 2.10 bits per heavy atom. The first-order chi connectivity index (χ1) is 14.4. The number of nitrogens with two attached hydrogens (primary N) is 1. The minimum absolute atomic E-state index is 0.146. The molecule has 8 heteroatoms. The number of hydrogen-bond donors (Lipinski definition) is 2. The van der Waals surface area contributed by atoms with Gasteiger partial charge in [0.05, 0.1) is 11.1 Å². The first-order valence-corrected chi connectivity index (χ1v) is 9.16. The highest BCUT2D eigenvalue weighted by atomic mass is 19.1. The van der Waals surface area contributed by atoms with Crippen molar-refractivity contribution in [2.45, 2.75) is 18.9 Å². The zero-order chi connectivity index (χ0) is 21.3. The van der Waals surface area contributed by atoms with E-state index in [0.717, 1.165) is 11.1 Å². The van der Waals surface area contributed by atoms with Gasteiger partial charge in [-0.25, -0.2) is 9.37 Å². The van der Waals surface area contributed by atoms with E-state index in [0.29, 0.717) is 29.1 Å². The van der Waals surface area contributed by atoms with E-state index in [-0.39, 0.29) is 5.69 Å². The van der Waals surface area contributed by atoms with Crippen LogP contribution in [0.25, 0.3) is 0 Å². The zero-order valence-corrected chi connectivity index (χ0v) is 16.1. The molecule has 1 aliphatic heterocycles. The van der Waals surface area contributed by atoms with Crippen LogP contribution in [-0.4, -0.2) is 21.7 Å². The molecule has 2 aromatic heterocycles. The van der Waals surface area contributed by atoms with Gasteiger partial charge < -0.3 is 11.1 Å². The van der Waals surface area contributed by atoms with Crippen molar-refractivity contribution in [3.8, 4) is 6.07 Å². The van der Waals surface area contributed by atoms with Crippen molar-refractivity contribution in [2.75, 3.05) is 5.32 Å². The average molecular weight is 400 g/mol. The lowest BCUT2D eigenvalue weighted by Crippen LogP contribution is -2.34. The number of amidine groups is 1. The Kier molecular flexibility index (Phi) is 4.72. The summed E-state index contributed by atoms with van der Waals surface area (Å²) in [6.07, 6.45) is 5.07. The standard InChI is InChI=1S/C22H17FN6O/c1-22(9-14-6-7-26-12-16(14)20(25)29-22)17-8-15(3-4-18(17)23)28-21(30)19-5-2-13(10-24)11-27-19/h2-8,11-12H,9H2,1H3,(H2,25,29)(H,28,30). The number of nitrogens with zero attached hydrogens (tertiary/aromatic N) is 4. The topological polar surface area (TPSA) is 117 Å². The van der Waals surface area contributed by atoms with Crippen molar-refractivity contribution in [1.29, 1.82) is 5.26 Å². The lowest BCUT2D eigenvalue weighted by Gasteiger charge is -2.32. The lowest BCUT2D eigenvalue weighted by molar-refractivity contribution is 0.102. The van der Waals surface area contributed by atoms with Crippen LogP contribution in [0.3, 0.4) is 0 Å². The maximum absolute atomic E-state index is 14.8. The molecule has 1 aliphatic rings. The highest BCUT2D eigenvalue weighted by Gasteiger charge is 2.34. The lowest BCUT2D eigenvalue weighted by atomic mass is 9.82. The molecule has 1 atom stereocenters. The Balaban J connectivity index is 1.65. The van der Waals surface area contributed by atoms with Crippen LogP contribution in [0.15, 0.2) is 60.0 Å². The van der Waals surface area contributed by atoms with Gasteiger partial charge >= 0.3 is 0 Å². The SMILES string of the molecule is CC1(c2cc(NC(=O)c3ccc(C#N)cn3)ccc2F)Cc2ccncc2C(N)=N1. The molecule has 3 N–H and O–H groups in total. The van der Waals surface area contributed by atoms with Crippen molar-refractivity contribution in [1.82, 2.24) is 9.97 Å². The quantitative estimate of drug-likeness (QED) is 0.701. The fraction of sp³-hybridized carbons (Fsp3) is 0.136. The van der Waals surface area contributed by atoms with E-state index >= 15 is 0 Å². The normalized spacial score (nSPS) is 17.4. The Morgan fingerprint density at radius 1 is 1.27 bits per heavy atom. The number of rotatable bonds is 3. The van der Waals surface area contributed by atoms with Crippen molar-refractivity contribution in [2.24, 2.45) is 10.7 Å². The molecular formula is C22H17FN6O. The number of nitrogens with one attached hydrogen (secondary N) is 1. The van der Waals surface area contributed by atoms with E-state index in [1.54, 1.807) is 25.4 Å². The van der Waals surface area contributed by atoms with E-state index in [1.165, 1.54) is 30.5 Å². The Labute approximate surface area is 172 Å². The molecule has 3 aromatic rings. The molecule has 1 aromatic carbocycles. The number of carbonyl (C=O) groups excluding carboxylic acids is 1. The number of hydrogen-bond acceptors (Lipinski definition) is 6. The van der Waals surface area contributed by atoms with Gasteiger partial charge in [-0.05, 0) is 48.9 Å². The maximum Gasteiger partial charge on any atom is 0.274 e. The third-order valence-electron chi connectivity index (χ3n) is 5.02. The fourth-order valence-corrected chi connectivity index (χ4v) is 3.51. The number of aliphatic imine (C=N–C) groups is 1. The van der Waals surface area contributed by atoms with E-state index < -0.39 is 17.3 Å². The molecule has 0 aliphatic carbocycles. The van der Waals surface area contributed by atoms with Gasteiger partial charge in [-0.1, -0.05) is 0 Å². The average Bonchev–Trinajstić information content (AvgIpc) is 2.75. The minimum atomic E-state index is -0.935. The number of benzene rings is 1. The summed E-state index contributed by atoms with van der Waals surface area (Å²) in [4.78, 5) is 25.1. The van der Waals surface area contributed by atoms with Crippen LogP contribution in [0, 0.1) is 17.1 Å². The first kappa shape index (κ1) is 19.2. The Morgan fingerprint density at radius 3 is 2.83 bits per heavy atom. The monoisotopic (exact) mass is 400 g/mol. The van der Waals surface area contributed by atoms with Crippen LogP contribution in [0.2, 0.25) is 0 Å². The molecule has 148 valence electrons. The van der Waals surface area contributed by atoms with Crippen LogP contribution in [0.1, 0.15) is 39.7 Å². The van der Waals surface area contributed by atoms with Crippen LogP contribution in [0.5, 0.6) is 0 Å². The molecule has 4 rings (SSSR count). The van der Waals surface area contributed by atoms with Crippen molar-refractivity contribution < 1.29 is 9.18 Å². The summed E-state index contributed by atoms with van der Waals surface area (Å²) < 4.78 is 14.8. The van der Waals surface area contributed by atoms with Gasteiger partial charge in [0.1, 0.15) is 23.4 Å². The molecule has 0 spiro atoms. The predicted octanol–water partition coefficient (Wildman–Crippen LogP) is 2.92. The van der Waals surface area contributed by atoms with Gasteiger partial charge in [0.25, 0.3) is 5.91 Å². The van der Waals surface area contributed by atoms with Crippen molar-refractivity contribution in [3.63, 3.8) is 0 Å². The summed E-state index contributed by atoms with van der Waals surface area (Å²) in [5, 5.41) is 11.5. The molecule has 30 heavy (non-hydrogen) atoms. The molecule has 3 heterocycles. The summed E-state index contributed by atoms with van der Waals surface area (Å²) in [6.45, 7) is 1.80. The number of amides is 1. The molecule has 7 nitrogen and oxygen atoms in total. The maximum atomic E-state index is 14.8.